The summed E-state index contributed by atoms with van der Waals surface area (Å²) in [5.74, 6) is -0.128. The first-order chi connectivity index (χ1) is 15.5. The van der Waals surface area contributed by atoms with E-state index in [9.17, 15) is 15.0 Å². The third kappa shape index (κ3) is 4.60. The number of aromatic carboxylic acids is 1. The highest BCUT2D eigenvalue weighted by atomic mass is 16.4. The molecule has 1 aliphatic heterocycles. The Morgan fingerprint density at radius 3 is 2.62 bits per heavy atom. The molecule has 1 atom stereocenters. The van der Waals surface area contributed by atoms with Crippen LogP contribution in [0.1, 0.15) is 40.4 Å². The number of fused-ring (bicyclic) bond motifs is 1. The van der Waals surface area contributed by atoms with Crippen LogP contribution in [0, 0.1) is 0 Å². The normalized spacial score (nSPS) is 19.4. The molecule has 2 aromatic carbocycles. The van der Waals surface area contributed by atoms with Crippen LogP contribution < -0.4 is 10.6 Å². The molecule has 0 spiro atoms. The number of rotatable bonds is 5. The molecule has 1 unspecified atom stereocenters. The van der Waals surface area contributed by atoms with Crippen LogP contribution in [0.15, 0.2) is 70.1 Å². The van der Waals surface area contributed by atoms with E-state index in [4.69, 9.17) is 9.98 Å². The van der Waals surface area contributed by atoms with Gasteiger partial charge in [-0.05, 0) is 30.5 Å². The summed E-state index contributed by atoms with van der Waals surface area (Å²) in [6, 6.07) is 14.2. The SMILES string of the molecule is C=C1C(=NC(=NC)NC(CO)c2ccccc2)C(=NC2CC2)Nc2cc(C(=O)O)ccc21. The molecule has 1 saturated carbocycles. The zero-order chi connectivity index (χ0) is 22.7. The fourth-order valence-electron chi connectivity index (χ4n) is 3.43. The highest BCUT2D eigenvalue weighted by Gasteiger charge is 2.29. The van der Waals surface area contributed by atoms with E-state index in [1.165, 1.54) is 0 Å². The minimum absolute atomic E-state index is 0.128. The van der Waals surface area contributed by atoms with Crippen molar-refractivity contribution in [3.63, 3.8) is 0 Å². The van der Waals surface area contributed by atoms with Crippen LogP contribution in [-0.4, -0.2) is 53.4 Å². The lowest BCUT2D eigenvalue weighted by Crippen LogP contribution is -2.35. The van der Waals surface area contributed by atoms with Crippen LogP contribution in [0.5, 0.6) is 0 Å². The van der Waals surface area contributed by atoms with Gasteiger partial charge in [-0.1, -0.05) is 43.0 Å². The minimum atomic E-state index is -0.999. The molecule has 4 N–H and O–H groups in total. The van der Waals surface area contributed by atoms with Gasteiger partial charge in [-0.3, -0.25) is 9.98 Å². The number of hydrogen-bond acceptors (Lipinski definition) is 4. The van der Waals surface area contributed by atoms with E-state index in [0.717, 1.165) is 24.0 Å². The first kappa shape index (κ1) is 21.5. The van der Waals surface area contributed by atoms with Gasteiger partial charge in [0.25, 0.3) is 0 Å². The second kappa shape index (κ2) is 9.15. The van der Waals surface area contributed by atoms with Gasteiger partial charge >= 0.3 is 5.97 Å². The third-order valence-electron chi connectivity index (χ3n) is 5.33. The molecule has 0 radical (unpaired) electrons. The van der Waals surface area contributed by atoms with Gasteiger partial charge in [0.2, 0.25) is 5.96 Å². The zero-order valence-electron chi connectivity index (χ0n) is 17.7. The Hall–Kier alpha value is -3.78. The van der Waals surface area contributed by atoms with E-state index in [-0.39, 0.29) is 24.3 Å². The number of aliphatic hydroxyl groups is 1. The van der Waals surface area contributed by atoms with Gasteiger partial charge in [-0.25, -0.2) is 9.79 Å². The fraction of sp³-hybridized carbons (Fsp3) is 0.250. The number of guanidine groups is 1. The average Bonchev–Trinajstić information content (AvgIpc) is 3.62. The molecule has 0 bridgehead atoms. The predicted octanol–water partition coefficient (Wildman–Crippen LogP) is 3.13. The third-order valence-corrected chi connectivity index (χ3v) is 5.33. The Labute approximate surface area is 186 Å². The van der Waals surface area contributed by atoms with E-state index < -0.39 is 5.97 Å². The van der Waals surface area contributed by atoms with Crippen molar-refractivity contribution >= 4 is 34.7 Å². The number of aliphatic hydroxyl groups excluding tert-OH is 1. The molecule has 164 valence electrons. The van der Waals surface area contributed by atoms with Gasteiger partial charge in [0.05, 0.1) is 24.3 Å². The van der Waals surface area contributed by atoms with Crippen LogP contribution in [0.2, 0.25) is 0 Å². The summed E-state index contributed by atoms with van der Waals surface area (Å²) in [7, 11) is 1.62. The summed E-state index contributed by atoms with van der Waals surface area (Å²) < 4.78 is 0. The molecule has 0 saturated heterocycles. The van der Waals surface area contributed by atoms with Crippen molar-refractivity contribution in [1.82, 2.24) is 5.32 Å². The molecule has 2 aromatic rings. The van der Waals surface area contributed by atoms with Crippen LogP contribution in [0.4, 0.5) is 5.69 Å². The number of carboxylic acid groups (broad SMARTS) is 1. The molecular formula is C24H25N5O3. The standard InChI is InChI=1S/C24H25N5O3/c1-14-18-11-8-16(23(31)32)12-19(18)27-22(26-17-9-10-17)21(14)29-24(25-2)28-20(13-30)15-6-4-3-5-7-15/h3-8,11-12,17,20,30H,1,9-10,13H2,2H3,(H,25,28)(H,26,27)(H,31,32). The molecule has 1 heterocycles. The van der Waals surface area contributed by atoms with Crippen molar-refractivity contribution < 1.29 is 15.0 Å². The highest BCUT2D eigenvalue weighted by molar-refractivity contribution is 6.63. The summed E-state index contributed by atoms with van der Waals surface area (Å²) in [6.45, 7) is 4.07. The number of amidine groups is 1. The average molecular weight is 431 g/mol. The van der Waals surface area contributed by atoms with Crippen LogP contribution >= 0.6 is 0 Å². The molecule has 1 aliphatic carbocycles. The minimum Gasteiger partial charge on any atom is -0.478 e. The predicted molar refractivity (Wildman–Crippen MR) is 127 cm³/mol. The number of carboxylic acids is 1. The number of carbonyl (C=O) groups is 1. The Bertz CT molecular complexity index is 1130. The second-order valence-corrected chi connectivity index (χ2v) is 7.68. The molecule has 2 aliphatic rings. The van der Waals surface area contributed by atoms with Crippen LogP contribution in [0.3, 0.4) is 0 Å². The quantitative estimate of drug-likeness (QED) is 0.428. The molecular weight excluding hydrogens is 406 g/mol. The summed E-state index contributed by atoms with van der Waals surface area (Å²) in [4.78, 5) is 25.1. The van der Waals surface area contributed by atoms with E-state index in [2.05, 4.69) is 22.2 Å². The number of hydrogen-bond donors (Lipinski definition) is 4. The summed E-state index contributed by atoms with van der Waals surface area (Å²) >= 11 is 0. The smallest absolute Gasteiger partial charge is 0.335 e. The summed E-state index contributed by atoms with van der Waals surface area (Å²) in [5.41, 5.74) is 3.63. The maximum atomic E-state index is 11.4. The lowest BCUT2D eigenvalue weighted by Gasteiger charge is -2.25. The number of aliphatic imine (C=N–C) groups is 3. The molecule has 1 fully saturated rings. The van der Waals surface area contributed by atoms with E-state index in [1.807, 2.05) is 30.3 Å². The number of benzene rings is 2. The van der Waals surface area contributed by atoms with Crippen LogP contribution in [0.25, 0.3) is 5.57 Å². The lowest BCUT2D eigenvalue weighted by atomic mass is 9.94. The Balaban J connectivity index is 1.69. The van der Waals surface area contributed by atoms with Gasteiger partial charge in [0.1, 0.15) is 5.71 Å². The van der Waals surface area contributed by atoms with Crippen molar-refractivity contribution in [1.29, 1.82) is 0 Å². The largest absolute Gasteiger partial charge is 0.478 e. The molecule has 0 amide bonds. The topological polar surface area (TPSA) is 119 Å². The van der Waals surface area contributed by atoms with E-state index >= 15 is 0 Å². The van der Waals surface area contributed by atoms with Gasteiger partial charge in [-0.15, -0.1) is 0 Å². The lowest BCUT2D eigenvalue weighted by molar-refractivity contribution is 0.0697. The maximum Gasteiger partial charge on any atom is 0.335 e. The number of anilines is 1. The zero-order valence-corrected chi connectivity index (χ0v) is 17.7. The van der Waals surface area contributed by atoms with Crippen LogP contribution in [-0.2, 0) is 0 Å². The van der Waals surface area contributed by atoms with Gasteiger partial charge in [0, 0.05) is 23.9 Å². The first-order valence-corrected chi connectivity index (χ1v) is 10.4. The summed E-state index contributed by atoms with van der Waals surface area (Å²) in [6.07, 6.45) is 2.00. The Kier molecular flexibility index (Phi) is 6.13. The highest BCUT2D eigenvalue weighted by Crippen LogP contribution is 2.32. The first-order valence-electron chi connectivity index (χ1n) is 10.4. The monoisotopic (exact) mass is 431 g/mol. The number of nitrogens with one attached hydrogen (secondary N) is 2. The second-order valence-electron chi connectivity index (χ2n) is 7.68. The molecule has 32 heavy (non-hydrogen) atoms. The van der Waals surface area contributed by atoms with Crippen molar-refractivity contribution in [2.75, 3.05) is 19.0 Å². The summed E-state index contributed by atoms with van der Waals surface area (Å²) in [5, 5.41) is 25.6. The molecule has 8 heteroatoms. The Morgan fingerprint density at radius 1 is 1.25 bits per heavy atom. The number of nitrogens with zero attached hydrogens (tertiary/aromatic N) is 3. The fourth-order valence-corrected chi connectivity index (χ4v) is 3.43. The molecule has 8 nitrogen and oxygen atoms in total. The van der Waals surface area contributed by atoms with E-state index in [0.29, 0.717) is 28.8 Å². The van der Waals surface area contributed by atoms with E-state index in [1.54, 1.807) is 25.2 Å². The van der Waals surface area contributed by atoms with Gasteiger partial charge in [0.15, 0.2) is 5.84 Å². The van der Waals surface area contributed by atoms with Crippen molar-refractivity contribution in [3.05, 3.63) is 71.8 Å². The van der Waals surface area contributed by atoms with Gasteiger partial charge in [-0.2, -0.15) is 0 Å². The molecule has 0 aromatic heterocycles. The van der Waals surface area contributed by atoms with Gasteiger partial charge < -0.3 is 20.8 Å². The maximum absolute atomic E-state index is 11.4. The molecule has 4 rings (SSSR count). The van der Waals surface area contributed by atoms with Crippen molar-refractivity contribution in [2.24, 2.45) is 15.0 Å². The van der Waals surface area contributed by atoms with Crippen molar-refractivity contribution in [3.8, 4) is 0 Å². The van der Waals surface area contributed by atoms with Crippen molar-refractivity contribution in [2.45, 2.75) is 24.9 Å². The Morgan fingerprint density at radius 2 is 2.00 bits per heavy atom.